The summed E-state index contributed by atoms with van der Waals surface area (Å²) in [6.07, 6.45) is -1.90. The number of halogens is 3. The van der Waals surface area contributed by atoms with Crippen LogP contribution in [0.15, 0.2) is 54.7 Å². The van der Waals surface area contributed by atoms with Gasteiger partial charge in [-0.05, 0) is 43.7 Å². The number of rotatable bonds is 5. The SMILES string of the molecule is Cc1ccc(C(=O)C=CNc2ccc(OC(F)(F)F)cc2)c(C)c1. The van der Waals surface area contributed by atoms with Gasteiger partial charge >= 0.3 is 6.36 Å². The van der Waals surface area contributed by atoms with Gasteiger partial charge in [0, 0.05) is 23.5 Å². The molecule has 2 rings (SSSR count). The van der Waals surface area contributed by atoms with E-state index in [9.17, 15) is 18.0 Å². The molecule has 3 nitrogen and oxygen atoms in total. The van der Waals surface area contributed by atoms with Crippen molar-refractivity contribution in [2.24, 2.45) is 0 Å². The van der Waals surface area contributed by atoms with Crippen molar-refractivity contribution in [3.8, 4) is 5.75 Å². The maximum absolute atomic E-state index is 12.1. The predicted octanol–water partition coefficient (Wildman–Crippen LogP) is 5.01. The largest absolute Gasteiger partial charge is 0.573 e. The van der Waals surface area contributed by atoms with E-state index in [2.05, 4.69) is 10.1 Å². The number of hydrogen-bond acceptors (Lipinski definition) is 3. The number of anilines is 1. The molecule has 126 valence electrons. The molecule has 0 fully saturated rings. The first kappa shape index (κ1) is 17.6. The Morgan fingerprint density at radius 3 is 2.33 bits per heavy atom. The second-order valence-corrected chi connectivity index (χ2v) is 5.23. The molecular weight excluding hydrogens is 319 g/mol. The Bertz CT molecular complexity index is 750. The number of benzene rings is 2. The van der Waals surface area contributed by atoms with Gasteiger partial charge in [-0.2, -0.15) is 0 Å². The topological polar surface area (TPSA) is 38.3 Å². The lowest BCUT2D eigenvalue weighted by Gasteiger charge is -2.09. The van der Waals surface area contributed by atoms with Crippen molar-refractivity contribution < 1.29 is 22.7 Å². The summed E-state index contributed by atoms with van der Waals surface area (Å²) in [6.45, 7) is 3.81. The van der Waals surface area contributed by atoms with E-state index in [1.807, 2.05) is 26.0 Å². The molecule has 24 heavy (non-hydrogen) atoms. The Morgan fingerprint density at radius 2 is 1.75 bits per heavy atom. The smallest absolute Gasteiger partial charge is 0.406 e. The average Bonchev–Trinajstić information content (AvgIpc) is 2.47. The van der Waals surface area contributed by atoms with E-state index >= 15 is 0 Å². The fraction of sp³-hybridized carbons (Fsp3) is 0.167. The molecule has 0 aromatic heterocycles. The van der Waals surface area contributed by atoms with Crippen molar-refractivity contribution in [3.63, 3.8) is 0 Å². The highest BCUT2D eigenvalue weighted by Crippen LogP contribution is 2.23. The molecule has 2 aromatic rings. The van der Waals surface area contributed by atoms with Gasteiger partial charge in [0.05, 0.1) is 0 Å². The first-order valence-corrected chi connectivity index (χ1v) is 7.15. The summed E-state index contributed by atoms with van der Waals surface area (Å²) in [6, 6.07) is 10.8. The lowest BCUT2D eigenvalue weighted by molar-refractivity contribution is -0.274. The zero-order valence-corrected chi connectivity index (χ0v) is 13.1. The summed E-state index contributed by atoms with van der Waals surface area (Å²) < 4.78 is 40.0. The number of ketones is 1. The molecule has 0 aliphatic rings. The van der Waals surface area contributed by atoms with Crippen molar-refractivity contribution in [1.29, 1.82) is 0 Å². The fourth-order valence-corrected chi connectivity index (χ4v) is 2.15. The Hall–Kier alpha value is -2.76. The first-order chi connectivity index (χ1) is 11.2. The van der Waals surface area contributed by atoms with Gasteiger partial charge in [0.2, 0.25) is 0 Å². The van der Waals surface area contributed by atoms with Crippen molar-refractivity contribution in [2.75, 3.05) is 5.32 Å². The number of carbonyl (C=O) groups excluding carboxylic acids is 1. The van der Waals surface area contributed by atoms with Gasteiger partial charge in [-0.15, -0.1) is 13.2 Å². The minimum atomic E-state index is -4.72. The van der Waals surface area contributed by atoms with Crippen LogP contribution in [0.5, 0.6) is 5.75 Å². The van der Waals surface area contributed by atoms with E-state index in [-0.39, 0.29) is 11.5 Å². The number of alkyl halides is 3. The zero-order chi connectivity index (χ0) is 17.7. The highest BCUT2D eigenvalue weighted by atomic mass is 19.4. The number of nitrogens with one attached hydrogen (secondary N) is 1. The van der Waals surface area contributed by atoms with Gasteiger partial charge in [0.1, 0.15) is 5.75 Å². The summed E-state index contributed by atoms with van der Waals surface area (Å²) in [4.78, 5) is 12.1. The van der Waals surface area contributed by atoms with Crippen LogP contribution < -0.4 is 10.1 Å². The molecule has 0 atom stereocenters. The molecule has 0 bridgehead atoms. The molecule has 0 unspecified atom stereocenters. The Balaban J connectivity index is 1.97. The third-order valence-electron chi connectivity index (χ3n) is 3.22. The molecule has 0 saturated heterocycles. The fourth-order valence-electron chi connectivity index (χ4n) is 2.15. The Kier molecular flexibility index (Phi) is 5.28. The third kappa shape index (κ3) is 5.15. The summed E-state index contributed by atoms with van der Waals surface area (Å²) in [5.74, 6) is -0.458. The minimum absolute atomic E-state index is 0.156. The van der Waals surface area contributed by atoms with E-state index in [0.29, 0.717) is 11.3 Å². The monoisotopic (exact) mass is 335 g/mol. The average molecular weight is 335 g/mol. The highest BCUT2D eigenvalue weighted by molar-refractivity contribution is 6.05. The Morgan fingerprint density at radius 1 is 1.08 bits per heavy atom. The normalized spacial score (nSPS) is 11.5. The number of aryl methyl sites for hydroxylation is 2. The van der Waals surface area contributed by atoms with Crippen LogP contribution in [0.2, 0.25) is 0 Å². The third-order valence-corrected chi connectivity index (χ3v) is 3.22. The van der Waals surface area contributed by atoms with E-state index in [4.69, 9.17) is 0 Å². The van der Waals surface area contributed by atoms with Crippen LogP contribution in [0, 0.1) is 13.8 Å². The number of hydrogen-bond donors (Lipinski definition) is 1. The van der Waals surface area contributed by atoms with E-state index in [1.165, 1.54) is 36.5 Å². The van der Waals surface area contributed by atoms with Crippen LogP contribution in [0.25, 0.3) is 0 Å². The quantitative estimate of drug-likeness (QED) is 0.616. The van der Waals surface area contributed by atoms with Crippen molar-refractivity contribution >= 4 is 11.5 Å². The summed E-state index contributed by atoms with van der Waals surface area (Å²) >= 11 is 0. The van der Waals surface area contributed by atoms with Gasteiger partial charge in [-0.1, -0.05) is 23.8 Å². The molecule has 0 spiro atoms. The van der Waals surface area contributed by atoms with Crippen molar-refractivity contribution in [1.82, 2.24) is 0 Å². The molecule has 0 saturated carbocycles. The maximum atomic E-state index is 12.1. The molecule has 0 heterocycles. The van der Waals surface area contributed by atoms with Crippen LogP contribution in [0.4, 0.5) is 18.9 Å². The van der Waals surface area contributed by atoms with Crippen LogP contribution >= 0.6 is 0 Å². The van der Waals surface area contributed by atoms with Crippen LogP contribution in [0.3, 0.4) is 0 Å². The van der Waals surface area contributed by atoms with Gasteiger partial charge in [-0.3, -0.25) is 4.79 Å². The summed E-state index contributed by atoms with van der Waals surface area (Å²) in [7, 11) is 0. The lowest BCUT2D eigenvalue weighted by atomic mass is 10.0. The Labute approximate surface area is 137 Å². The molecule has 1 N–H and O–H groups in total. The molecule has 2 aromatic carbocycles. The van der Waals surface area contributed by atoms with Crippen molar-refractivity contribution in [2.45, 2.75) is 20.2 Å². The van der Waals surface area contributed by atoms with Gasteiger partial charge in [0.15, 0.2) is 5.78 Å². The van der Waals surface area contributed by atoms with Gasteiger partial charge in [-0.25, -0.2) is 0 Å². The molecule has 0 aliphatic heterocycles. The van der Waals surface area contributed by atoms with Crippen LogP contribution in [-0.2, 0) is 0 Å². The number of carbonyl (C=O) groups is 1. The molecular formula is C18H16F3NO2. The van der Waals surface area contributed by atoms with Gasteiger partial charge in [0.25, 0.3) is 0 Å². The lowest BCUT2D eigenvalue weighted by Crippen LogP contribution is -2.16. The standard InChI is InChI=1S/C18H16F3NO2/c1-12-3-8-16(13(2)11-12)17(23)9-10-22-14-4-6-15(7-5-14)24-18(19,20)21/h3-11,22H,1-2H3. The first-order valence-electron chi connectivity index (χ1n) is 7.15. The maximum Gasteiger partial charge on any atom is 0.573 e. The zero-order valence-electron chi connectivity index (χ0n) is 13.1. The minimum Gasteiger partial charge on any atom is -0.406 e. The summed E-state index contributed by atoms with van der Waals surface area (Å²) in [5, 5.41) is 2.83. The van der Waals surface area contributed by atoms with E-state index in [1.54, 1.807) is 6.07 Å². The van der Waals surface area contributed by atoms with Gasteiger partial charge < -0.3 is 10.1 Å². The van der Waals surface area contributed by atoms with Crippen molar-refractivity contribution in [3.05, 3.63) is 71.4 Å². The number of allylic oxidation sites excluding steroid dienone is 1. The van der Waals surface area contributed by atoms with Crippen LogP contribution in [0.1, 0.15) is 21.5 Å². The second kappa shape index (κ2) is 7.21. The van der Waals surface area contributed by atoms with E-state index in [0.717, 1.165) is 11.1 Å². The molecule has 6 heteroatoms. The second-order valence-electron chi connectivity index (χ2n) is 5.23. The highest BCUT2D eigenvalue weighted by Gasteiger charge is 2.30. The number of ether oxygens (including phenoxy) is 1. The molecule has 0 amide bonds. The van der Waals surface area contributed by atoms with E-state index < -0.39 is 6.36 Å². The predicted molar refractivity (Wildman–Crippen MR) is 86.1 cm³/mol. The summed E-state index contributed by atoms with van der Waals surface area (Å²) in [5.41, 5.74) is 3.10. The van der Waals surface area contributed by atoms with Crippen LogP contribution in [-0.4, -0.2) is 12.1 Å². The molecule has 0 radical (unpaired) electrons. The molecule has 0 aliphatic carbocycles.